The molecule has 4 heteroatoms. The van der Waals surface area contributed by atoms with Crippen molar-refractivity contribution in [2.45, 2.75) is 32.1 Å². The first-order valence-electron chi connectivity index (χ1n) is 7.45. The molecule has 0 radical (unpaired) electrons. The smallest absolute Gasteiger partial charge is 0.203 e. The number of nitrogens with two attached hydrogens (primary N) is 1. The van der Waals surface area contributed by atoms with E-state index >= 15 is 0 Å². The lowest BCUT2D eigenvalue weighted by molar-refractivity contribution is 0.267. The molecular weight excluding hydrogens is 266 g/mol. The van der Waals surface area contributed by atoms with Gasteiger partial charge in [-0.15, -0.1) is 6.58 Å². The molecule has 0 bridgehead atoms. The van der Waals surface area contributed by atoms with E-state index in [0.717, 1.165) is 37.7 Å². The van der Waals surface area contributed by atoms with Crippen molar-refractivity contribution in [2.75, 3.05) is 27.4 Å². The fraction of sp³-hybridized carbons (Fsp3) is 0.529. The molecule has 0 unspecified atom stereocenters. The number of methoxy groups -OCH3 is 2. The first kappa shape index (κ1) is 17.4. The maximum absolute atomic E-state index is 5.86. The minimum atomic E-state index is 0.593. The molecule has 4 nitrogen and oxygen atoms in total. The fourth-order valence-corrected chi connectivity index (χ4v) is 2.13. The lowest BCUT2D eigenvalue weighted by atomic mass is 10.1. The van der Waals surface area contributed by atoms with Crippen molar-refractivity contribution in [3.05, 3.63) is 30.4 Å². The van der Waals surface area contributed by atoms with Crippen LogP contribution in [0.5, 0.6) is 17.2 Å². The van der Waals surface area contributed by atoms with Gasteiger partial charge in [0.15, 0.2) is 11.5 Å². The van der Waals surface area contributed by atoms with Crippen molar-refractivity contribution in [3.63, 3.8) is 0 Å². The highest BCUT2D eigenvalue weighted by atomic mass is 16.5. The molecule has 1 aromatic rings. The van der Waals surface area contributed by atoms with Gasteiger partial charge in [0.05, 0.1) is 20.8 Å². The van der Waals surface area contributed by atoms with Gasteiger partial charge in [-0.2, -0.15) is 0 Å². The third kappa shape index (κ3) is 5.68. The summed E-state index contributed by atoms with van der Waals surface area (Å²) in [4.78, 5) is 0. The van der Waals surface area contributed by atoms with E-state index in [-0.39, 0.29) is 0 Å². The Kier molecular flexibility index (Phi) is 8.36. The zero-order chi connectivity index (χ0) is 15.5. The van der Waals surface area contributed by atoms with E-state index in [9.17, 15) is 0 Å². The minimum Gasteiger partial charge on any atom is -0.493 e. The Morgan fingerprint density at radius 1 is 1.10 bits per heavy atom. The number of rotatable bonds is 11. The highest BCUT2D eigenvalue weighted by molar-refractivity contribution is 5.54. The van der Waals surface area contributed by atoms with Gasteiger partial charge in [0.25, 0.3) is 0 Å². The highest BCUT2D eigenvalue weighted by Crippen LogP contribution is 2.38. The third-order valence-corrected chi connectivity index (χ3v) is 3.25. The van der Waals surface area contributed by atoms with Crippen LogP contribution in [0, 0.1) is 0 Å². The van der Waals surface area contributed by atoms with E-state index < -0.39 is 0 Å². The van der Waals surface area contributed by atoms with Crippen LogP contribution < -0.4 is 19.9 Å². The van der Waals surface area contributed by atoms with Crippen molar-refractivity contribution in [2.24, 2.45) is 5.73 Å². The van der Waals surface area contributed by atoms with Crippen LogP contribution in [0.2, 0.25) is 0 Å². The van der Waals surface area contributed by atoms with Crippen LogP contribution in [0.25, 0.3) is 0 Å². The Balaban J connectivity index is 2.68. The van der Waals surface area contributed by atoms with E-state index in [2.05, 4.69) is 6.58 Å². The average molecular weight is 293 g/mol. The highest BCUT2D eigenvalue weighted by Gasteiger charge is 2.13. The molecule has 0 atom stereocenters. The second-order valence-electron chi connectivity index (χ2n) is 4.85. The number of ether oxygens (including phenoxy) is 3. The number of unbranched alkanes of at least 4 members (excludes halogenated alkanes) is 3. The summed E-state index contributed by atoms with van der Waals surface area (Å²) < 4.78 is 16.7. The summed E-state index contributed by atoms with van der Waals surface area (Å²) in [5.41, 5.74) is 6.69. The van der Waals surface area contributed by atoms with Crippen LogP contribution in [0.1, 0.15) is 31.2 Å². The molecule has 0 aromatic heterocycles. The van der Waals surface area contributed by atoms with E-state index in [4.69, 9.17) is 19.9 Å². The number of hydrogen-bond donors (Lipinski definition) is 1. The molecule has 0 fully saturated rings. The lowest BCUT2D eigenvalue weighted by Crippen LogP contribution is -2.05. The maximum atomic E-state index is 5.86. The molecule has 0 heterocycles. The predicted octanol–water partition coefficient (Wildman–Crippen LogP) is 3.33. The van der Waals surface area contributed by atoms with Crippen molar-refractivity contribution in [3.8, 4) is 17.2 Å². The quantitative estimate of drug-likeness (QED) is 0.502. The molecule has 1 rings (SSSR count). The second-order valence-corrected chi connectivity index (χ2v) is 4.85. The largest absolute Gasteiger partial charge is 0.493 e. The summed E-state index contributed by atoms with van der Waals surface area (Å²) in [7, 11) is 3.27. The fourth-order valence-electron chi connectivity index (χ4n) is 2.13. The van der Waals surface area contributed by atoms with E-state index in [1.165, 1.54) is 0 Å². The zero-order valence-corrected chi connectivity index (χ0v) is 13.2. The summed E-state index contributed by atoms with van der Waals surface area (Å²) in [5, 5.41) is 0. The van der Waals surface area contributed by atoms with Crippen LogP contribution in [0.3, 0.4) is 0 Å². The zero-order valence-electron chi connectivity index (χ0n) is 13.2. The molecule has 21 heavy (non-hydrogen) atoms. The van der Waals surface area contributed by atoms with Crippen LogP contribution in [0.4, 0.5) is 0 Å². The molecule has 0 aliphatic rings. The topological polar surface area (TPSA) is 53.7 Å². The van der Waals surface area contributed by atoms with Gasteiger partial charge >= 0.3 is 0 Å². The molecule has 0 spiro atoms. The summed E-state index contributed by atoms with van der Waals surface area (Å²) >= 11 is 0. The van der Waals surface area contributed by atoms with Crippen molar-refractivity contribution < 1.29 is 14.2 Å². The SMILES string of the molecule is C=CCCCCCOc1c(OC)cc(CCN)cc1OC. The summed E-state index contributed by atoms with van der Waals surface area (Å²) in [5.74, 6) is 2.07. The van der Waals surface area contributed by atoms with Gasteiger partial charge in [-0.3, -0.25) is 0 Å². The van der Waals surface area contributed by atoms with Crippen LogP contribution >= 0.6 is 0 Å². The molecule has 0 aliphatic carbocycles. The van der Waals surface area contributed by atoms with Gasteiger partial charge in [-0.05, 0) is 56.3 Å². The number of benzene rings is 1. The van der Waals surface area contributed by atoms with E-state index in [0.29, 0.717) is 30.4 Å². The Morgan fingerprint density at radius 3 is 2.29 bits per heavy atom. The van der Waals surface area contributed by atoms with E-state index in [1.54, 1.807) is 14.2 Å². The first-order chi connectivity index (χ1) is 10.3. The Hall–Kier alpha value is -1.68. The molecule has 1 aromatic carbocycles. The monoisotopic (exact) mass is 293 g/mol. The first-order valence-corrected chi connectivity index (χ1v) is 7.45. The summed E-state index contributed by atoms with van der Waals surface area (Å²) in [6.07, 6.45) is 7.07. The molecule has 0 amide bonds. The van der Waals surface area contributed by atoms with Crippen LogP contribution in [-0.2, 0) is 6.42 Å². The summed E-state index contributed by atoms with van der Waals surface area (Å²) in [6, 6.07) is 3.92. The van der Waals surface area contributed by atoms with Gasteiger partial charge in [-0.1, -0.05) is 6.08 Å². The molecular formula is C17H27NO3. The minimum absolute atomic E-state index is 0.593. The molecule has 2 N–H and O–H groups in total. The standard InChI is InChI=1S/C17H27NO3/c1-4-5-6-7-8-11-21-17-15(19-2)12-14(9-10-18)13-16(17)20-3/h4,12-13H,1,5-11,18H2,2-3H3. The normalized spacial score (nSPS) is 10.2. The second kappa shape index (κ2) is 10.1. The maximum Gasteiger partial charge on any atom is 0.203 e. The van der Waals surface area contributed by atoms with Crippen LogP contribution in [-0.4, -0.2) is 27.4 Å². The van der Waals surface area contributed by atoms with Gasteiger partial charge < -0.3 is 19.9 Å². The number of hydrogen-bond acceptors (Lipinski definition) is 4. The van der Waals surface area contributed by atoms with Gasteiger partial charge in [0.2, 0.25) is 5.75 Å². The third-order valence-electron chi connectivity index (χ3n) is 3.25. The van der Waals surface area contributed by atoms with Crippen molar-refractivity contribution in [1.82, 2.24) is 0 Å². The molecule has 0 saturated carbocycles. The Morgan fingerprint density at radius 2 is 1.76 bits per heavy atom. The average Bonchev–Trinajstić information content (AvgIpc) is 2.51. The van der Waals surface area contributed by atoms with Gasteiger partial charge in [0, 0.05) is 0 Å². The Bertz CT molecular complexity index is 407. The predicted molar refractivity (Wildman–Crippen MR) is 86.5 cm³/mol. The van der Waals surface area contributed by atoms with Crippen LogP contribution in [0.15, 0.2) is 24.8 Å². The molecule has 0 saturated heterocycles. The molecule has 0 aliphatic heterocycles. The summed E-state index contributed by atoms with van der Waals surface area (Å²) in [6.45, 7) is 4.97. The van der Waals surface area contributed by atoms with Crippen molar-refractivity contribution >= 4 is 0 Å². The van der Waals surface area contributed by atoms with E-state index in [1.807, 2.05) is 18.2 Å². The Labute approximate surface area is 127 Å². The number of allylic oxidation sites excluding steroid dienone is 1. The van der Waals surface area contributed by atoms with Crippen molar-refractivity contribution in [1.29, 1.82) is 0 Å². The lowest BCUT2D eigenvalue weighted by Gasteiger charge is -2.16. The molecule has 118 valence electrons. The van der Waals surface area contributed by atoms with Gasteiger partial charge in [0.1, 0.15) is 0 Å². The van der Waals surface area contributed by atoms with Gasteiger partial charge in [-0.25, -0.2) is 0 Å².